The quantitative estimate of drug-likeness (QED) is 0.576. The lowest BCUT2D eigenvalue weighted by molar-refractivity contribution is -0.116. The number of carbonyl (C=O) groups excluding carboxylic acids is 1. The lowest BCUT2D eigenvalue weighted by Gasteiger charge is -2.00. The number of carbonyl (C=O) groups is 1. The maximum atomic E-state index is 11.4. The Labute approximate surface area is 97.4 Å². The summed E-state index contributed by atoms with van der Waals surface area (Å²) in [5.74, 6) is -0.0139. The van der Waals surface area contributed by atoms with E-state index in [1.54, 1.807) is 6.08 Å². The van der Waals surface area contributed by atoms with Crippen molar-refractivity contribution in [3.05, 3.63) is 42.0 Å². The van der Waals surface area contributed by atoms with Crippen LogP contribution in [0, 0.1) is 0 Å². The van der Waals surface area contributed by atoms with Gasteiger partial charge in [0.25, 0.3) is 0 Å². The van der Waals surface area contributed by atoms with Gasteiger partial charge in [0.05, 0.1) is 0 Å². The van der Waals surface area contributed by atoms with Crippen LogP contribution in [0.4, 0.5) is 0 Å². The lowest BCUT2D eigenvalue weighted by Crippen LogP contribution is -2.21. The van der Waals surface area contributed by atoms with E-state index in [0.29, 0.717) is 0 Å². The van der Waals surface area contributed by atoms with Crippen molar-refractivity contribution in [2.75, 3.05) is 6.54 Å². The van der Waals surface area contributed by atoms with Crippen LogP contribution in [0.15, 0.2) is 36.4 Å². The number of unbranched alkanes of at least 4 members (excludes halogenated alkanes) is 2. The Kier molecular flexibility index (Phi) is 6.00. The van der Waals surface area contributed by atoms with Crippen LogP contribution in [-0.2, 0) is 4.79 Å². The predicted molar refractivity (Wildman–Crippen MR) is 68.0 cm³/mol. The van der Waals surface area contributed by atoms with Crippen LogP contribution in [0.25, 0.3) is 6.08 Å². The van der Waals surface area contributed by atoms with Gasteiger partial charge in [0.15, 0.2) is 0 Å². The van der Waals surface area contributed by atoms with Gasteiger partial charge in [-0.25, -0.2) is 0 Å². The highest BCUT2D eigenvalue weighted by Crippen LogP contribution is 2.00. The minimum atomic E-state index is -0.0139. The zero-order valence-corrected chi connectivity index (χ0v) is 9.78. The second-order valence-corrected chi connectivity index (χ2v) is 3.74. The first-order chi connectivity index (χ1) is 7.83. The highest BCUT2D eigenvalue weighted by molar-refractivity contribution is 5.91. The Morgan fingerprint density at radius 2 is 2.00 bits per heavy atom. The third kappa shape index (κ3) is 5.35. The molecular formula is C14H19NO. The Morgan fingerprint density at radius 1 is 1.25 bits per heavy atom. The molecule has 1 aromatic rings. The number of benzene rings is 1. The minimum absolute atomic E-state index is 0.0139. The van der Waals surface area contributed by atoms with Crippen molar-refractivity contribution in [3.8, 4) is 0 Å². The van der Waals surface area contributed by atoms with Crippen LogP contribution in [0.1, 0.15) is 31.7 Å². The summed E-state index contributed by atoms with van der Waals surface area (Å²) in [4.78, 5) is 11.4. The maximum absolute atomic E-state index is 11.4. The van der Waals surface area contributed by atoms with Crippen molar-refractivity contribution in [2.45, 2.75) is 26.2 Å². The molecular weight excluding hydrogens is 198 g/mol. The normalized spacial score (nSPS) is 10.6. The first-order valence-corrected chi connectivity index (χ1v) is 5.84. The summed E-state index contributed by atoms with van der Waals surface area (Å²) < 4.78 is 0. The van der Waals surface area contributed by atoms with Crippen LogP contribution in [-0.4, -0.2) is 12.5 Å². The molecule has 0 spiro atoms. The van der Waals surface area contributed by atoms with E-state index in [1.807, 2.05) is 36.4 Å². The van der Waals surface area contributed by atoms with Gasteiger partial charge >= 0.3 is 0 Å². The third-order valence-electron chi connectivity index (χ3n) is 2.31. The van der Waals surface area contributed by atoms with Gasteiger partial charge in [0, 0.05) is 12.6 Å². The van der Waals surface area contributed by atoms with Crippen molar-refractivity contribution in [1.29, 1.82) is 0 Å². The molecule has 2 nitrogen and oxygen atoms in total. The Balaban J connectivity index is 2.26. The SMILES string of the molecule is CCCCCNC(=O)C=Cc1ccccc1. The van der Waals surface area contributed by atoms with Gasteiger partial charge in [-0.2, -0.15) is 0 Å². The van der Waals surface area contributed by atoms with E-state index < -0.39 is 0 Å². The van der Waals surface area contributed by atoms with E-state index in [2.05, 4.69) is 12.2 Å². The highest BCUT2D eigenvalue weighted by Gasteiger charge is 1.93. The van der Waals surface area contributed by atoms with Crippen molar-refractivity contribution in [1.82, 2.24) is 5.32 Å². The molecule has 1 aromatic carbocycles. The molecule has 0 atom stereocenters. The fourth-order valence-electron chi connectivity index (χ4n) is 1.38. The maximum Gasteiger partial charge on any atom is 0.243 e. The van der Waals surface area contributed by atoms with Gasteiger partial charge in [-0.1, -0.05) is 50.1 Å². The van der Waals surface area contributed by atoms with E-state index >= 15 is 0 Å². The molecule has 16 heavy (non-hydrogen) atoms. The van der Waals surface area contributed by atoms with Crippen molar-refractivity contribution in [3.63, 3.8) is 0 Å². The summed E-state index contributed by atoms with van der Waals surface area (Å²) in [5.41, 5.74) is 1.05. The second kappa shape index (κ2) is 7.69. The Hall–Kier alpha value is -1.57. The zero-order chi connectivity index (χ0) is 11.6. The smallest absolute Gasteiger partial charge is 0.243 e. The fraction of sp³-hybridized carbons (Fsp3) is 0.357. The average molecular weight is 217 g/mol. The van der Waals surface area contributed by atoms with Gasteiger partial charge in [-0.3, -0.25) is 4.79 Å². The topological polar surface area (TPSA) is 29.1 Å². The first-order valence-electron chi connectivity index (χ1n) is 5.84. The molecule has 1 rings (SSSR count). The molecule has 0 bridgehead atoms. The summed E-state index contributed by atoms with van der Waals surface area (Å²) in [6.45, 7) is 2.92. The van der Waals surface area contributed by atoms with Crippen LogP contribution in [0.5, 0.6) is 0 Å². The third-order valence-corrected chi connectivity index (χ3v) is 2.31. The summed E-state index contributed by atoms with van der Waals surface area (Å²) >= 11 is 0. The molecule has 0 heterocycles. The van der Waals surface area contributed by atoms with Gasteiger partial charge in [-0.05, 0) is 18.1 Å². The van der Waals surface area contributed by atoms with Crippen LogP contribution in [0.2, 0.25) is 0 Å². The molecule has 0 radical (unpaired) electrons. The standard InChI is InChI=1S/C14H19NO/c1-2-3-7-12-15-14(16)11-10-13-8-5-4-6-9-13/h4-6,8-11H,2-3,7,12H2,1H3,(H,15,16). The molecule has 1 N–H and O–H groups in total. The summed E-state index contributed by atoms with van der Waals surface area (Å²) in [7, 11) is 0. The summed E-state index contributed by atoms with van der Waals surface area (Å²) in [5, 5.41) is 2.86. The molecule has 0 aliphatic rings. The molecule has 86 valence electrons. The van der Waals surface area contributed by atoms with Crippen molar-refractivity contribution in [2.24, 2.45) is 0 Å². The van der Waals surface area contributed by atoms with Crippen molar-refractivity contribution >= 4 is 12.0 Å². The van der Waals surface area contributed by atoms with E-state index in [1.165, 1.54) is 12.8 Å². The van der Waals surface area contributed by atoms with E-state index in [-0.39, 0.29) is 5.91 Å². The van der Waals surface area contributed by atoms with Gasteiger partial charge in [-0.15, -0.1) is 0 Å². The lowest BCUT2D eigenvalue weighted by atomic mass is 10.2. The van der Waals surface area contributed by atoms with Gasteiger partial charge < -0.3 is 5.32 Å². The molecule has 0 saturated heterocycles. The number of hydrogen-bond acceptors (Lipinski definition) is 1. The number of rotatable bonds is 6. The average Bonchev–Trinajstić information content (AvgIpc) is 2.33. The Morgan fingerprint density at radius 3 is 2.69 bits per heavy atom. The number of nitrogens with one attached hydrogen (secondary N) is 1. The molecule has 2 heteroatoms. The zero-order valence-electron chi connectivity index (χ0n) is 9.78. The molecule has 0 aliphatic carbocycles. The van der Waals surface area contributed by atoms with E-state index in [9.17, 15) is 4.79 Å². The summed E-state index contributed by atoms with van der Waals surface area (Å²) in [6.07, 6.45) is 6.82. The van der Waals surface area contributed by atoms with E-state index in [0.717, 1.165) is 18.5 Å². The second-order valence-electron chi connectivity index (χ2n) is 3.74. The van der Waals surface area contributed by atoms with Gasteiger partial charge in [0.1, 0.15) is 0 Å². The first kappa shape index (κ1) is 12.5. The Bertz CT molecular complexity index is 330. The van der Waals surface area contributed by atoms with Crippen LogP contribution >= 0.6 is 0 Å². The fourth-order valence-corrected chi connectivity index (χ4v) is 1.38. The van der Waals surface area contributed by atoms with Crippen LogP contribution < -0.4 is 5.32 Å². The molecule has 0 aliphatic heterocycles. The predicted octanol–water partition coefficient (Wildman–Crippen LogP) is 3.01. The monoisotopic (exact) mass is 217 g/mol. The molecule has 0 saturated carbocycles. The van der Waals surface area contributed by atoms with Gasteiger partial charge in [0.2, 0.25) is 5.91 Å². The van der Waals surface area contributed by atoms with Crippen LogP contribution in [0.3, 0.4) is 0 Å². The molecule has 1 amide bonds. The number of amides is 1. The van der Waals surface area contributed by atoms with E-state index in [4.69, 9.17) is 0 Å². The number of hydrogen-bond donors (Lipinski definition) is 1. The molecule has 0 aromatic heterocycles. The molecule has 0 unspecified atom stereocenters. The van der Waals surface area contributed by atoms with Crippen molar-refractivity contribution < 1.29 is 4.79 Å². The molecule has 0 fully saturated rings. The largest absolute Gasteiger partial charge is 0.353 e. The summed E-state index contributed by atoms with van der Waals surface area (Å²) in [6, 6.07) is 9.82. The highest BCUT2D eigenvalue weighted by atomic mass is 16.1. The minimum Gasteiger partial charge on any atom is -0.353 e.